The number of nitrogens with zero attached hydrogens (tertiary/aromatic N) is 1. The minimum atomic E-state index is -1.09. The Kier molecular flexibility index (Phi) is 19.0. The number of oxime groups is 1. The highest BCUT2D eigenvalue weighted by molar-refractivity contribution is 5.88. The summed E-state index contributed by atoms with van der Waals surface area (Å²) in [4.78, 5) is 20.3. The van der Waals surface area contributed by atoms with Crippen molar-refractivity contribution >= 4 is 17.8 Å². The van der Waals surface area contributed by atoms with Gasteiger partial charge in [-0.25, -0.2) is 0 Å². The van der Waals surface area contributed by atoms with Gasteiger partial charge in [0, 0.05) is 57.0 Å². The van der Waals surface area contributed by atoms with Crippen molar-refractivity contribution < 1.29 is 57.7 Å². The van der Waals surface area contributed by atoms with Gasteiger partial charge in [0.1, 0.15) is 30.3 Å². The molecule has 348 valence electrons. The highest BCUT2D eigenvalue weighted by Gasteiger charge is 2.52. The number of nitrogens with one attached hydrogen (secondary N) is 2. The van der Waals surface area contributed by atoms with Crippen LogP contribution in [0, 0.1) is 23.7 Å². The predicted octanol–water partition coefficient (Wildman–Crippen LogP) is 5.45. The molecule has 15 heteroatoms. The number of aliphatic hydroxyl groups is 2. The molecule has 3 aliphatic heterocycles. The van der Waals surface area contributed by atoms with E-state index in [2.05, 4.69) is 24.5 Å². The first kappa shape index (κ1) is 50.9. The fourth-order valence-corrected chi connectivity index (χ4v) is 9.23. The van der Waals surface area contributed by atoms with Crippen LogP contribution in [-0.2, 0) is 42.8 Å². The second-order valence-electron chi connectivity index (χ2n) is 18.0. The van der Waals surface area contributed by atoms with Gasteiger partial charge in [0.2, 0.25) is 0 Å². The molecule has 0 amide bonds. The number of esters is 1. The van der Waals surface area contributed by atoms with Gasteiger partial charge in [-0.2, -0.15) is 0 Å². The third-order valence-corrected chi connectivity index (χ3v) is 13.3. The lowest BCUT2D eigenvalue weighted by molar-refractivity contribution is -0.317. The Morgan fingerprint density at radius 3 is 2.31 bits per heavy atom. The van der Waals surface area contributed by atoms with Crippen LogP contribution in [0.5, 0.6) is 5.75 Å². The highest BCUT2D eigenvalue weighted by Crippen LogP contribution is 2.41. The topological polar surface area (TPSA) is 177 Å². The first-order valence-corrected chi connectivity index (χ1v) is 22.1. The van der Waals surface area contributed by atoms with Crippen molar-refractivity contribution in [2.45, 2.75) is 174 Å². The van der Waals surface area contributed by atoms with Gasteiger partial charge < -0.3 is 63.6 Å². The second-order valence-corrected chi connectivity index (χ2v) is 18.0. The van der Waals surface area contributed by atoms with Gasteiger partial charge in [-0.15, -0.1) is 0 Å². The van der Waals surface area contributed by atoms with Crippen LogP contribution in [0.4, 0.5) is 0 Å². The Morgan fingerprint density at radius 1 is 0.967 bits per heavy atom. The molecule has 0 aromatic heterocycles. The van der Waals surface area contributed by atoms with Crippen LogP contribution < -0.4 is 15.4 Å². The number of hydrogen-bond donors (Lipinski definition) is 4. The van der Waals surface area contributed by atoms with E-state index in [0.29, 0.717) is 25.8 Å². The van der Waals surface area contributed by atoms with Crippen molar-refractivity contribution in [2.24, 2.45) is 28.8 Å². The Balaban J connectivity index is 1.84. The number of hydrogen-bond acceptors (Lipinski definition) is 15. The van der Waals surface area contributed by atoms with Crippen LogP contribution >= 0.6 is 0 Å². The molecule has 0 bridgehead atoms. The summed E-state index contributed by atoms with van der Waals surface area (Å²) in [5.41, 5.74) is -0.398. The highest BCUT2D eigenvalue weighted by atomic mass is 16.7. The molecule has 0 saturated carbocycles. The minimum absolute atomic E-state index is 0.120. The van der Waals surface area contributed by atoms with E-state index >= 15 is 0 Å². The van der Waals surface area contributed by atoms with E-state index in [1.807, 2.05) is 71.9 Å². The van der Waals surface area contributed by atoms with Crippen molar-refractivity contribution in [3.05, 3.63) is 36.1 Å². The number of carbonyl (C=O) groups excluding carboxylic acids is 1. The standard InChI is InChI=1S/C46H77N3O12/c1-15-36-31(7)48-25-27(3)38(49-56-20-19-33-17-16-18-34(22-33)53-12)26(2)23-46(10,55-14)42(61-44-39(50)35(47-11)21-28(4)57-44)29(5)40(30(6)43(52)59-36)60-37-24-45(9,54-13)41(51)32(8)58-37/h16-20,22,26-32,35-37,39-42,44,47-48,50-51H,15,21,23-25H2,1-14H3/b20-19+,49-38+/t26-,27?,28-,29+,30-,31?,32+,35+,36?,37+,39-,40?,41+,42-,44+,45-,46+/m1/s1. The fraction of sp³-hybridized carbons (Fsp3) is 0.783. The van der Waals surface area contributed by atoms with Crippen molar-refractivity contribution in [1.82, 2.24) is 10.6 Å². The first-order chi connectivity index (χ1) is 28.8. The van der Waals surface area contributed by atoms with E-state index < -0.39 is 78.2 Å². The fourth-order valence-electron chi connectivity index (χ4n) is 9.23. The number of benzene rings is 1. The van der Waals surface area contributed by atoms with E-state index in [9.17, 15) is 15.0 Å². The van der Waals surface area contributed by atoms with Crippen molar-refractivity contribution in [2.75, 3.05) is 34.9 Å². The smallest absolute Gasteiger partial charge is 0.311 e. The molecule has 4 N–H and O–H groups in total. The molecule has 3 saturated heterocycles. The summed E-state index contributed by atoms with van der Waals surface area (Å²) >= 11 is 0. The second kappa shape index (κ2) is 22.8. The third kappa shape index (κ3) is 12.7. The Morgan fingerprint density at radius 2 is 1.67 bits per heavy atom. The van der Waals surface area contributed by atoms with Gasteiger partial charge in [-0.3, -0.25) is 4.79 Å². The lowest BCUT2D eigenvalue weighted by atomic mass is 9.76. The Hall–Kier alpha value is -2.70. The van der Waals surface area contributed by atoms with Gasteiger partial charge in [0.15, 0.2) is 12.6 Å². The molecule has 17 atom stereocenters. The van der Waals surface area contributed by atoms with Crippen LogP contribution in [0.1, 0.15) is 100 Å². The van der Waals surface area contributed by atoms with Crippen molar-refractivity contribution in [3.8, 4) is 5.75 Å². The van der Waals surface area contributed by atoms with Crippen LogP contribution in [-0.4, -0.2) is 135 Å². The molecular formula is C46H77N3O12. The summed E-state index contributed by atoms with van der Waals surface area (Å²) in [5.74, 6) is -1.49. The monoisotopic (exact) mass is 864 g/mol. The van der Waals surface area contributed by atoms with Gasteiger partial charge in [0.05, 0.1) is 54.4 Å². The van der Waals surface area contributed by atoms with E-state index in [4.69, 9.17) is 47.9 Å². The molecule has 3 heterocycles. The van der Waals surface area contributed by atoms with Crippen LogP contribution in [0.3, 0.4) is 0 Å². The predicted molar refractivity (Wildman–Crippen MR) is 233 cm³/mol. The molecule has 61 heavy (non-hydrogen) atoms. The van der Waals surface area contributed by atoms with Gasteiger partial charge in [-0.05, 0) is 91.6 Å². The molecular weight excluding hydrogens is 787 g/mol. The number of aliphatic hydroxyl groups excluding tert-OH is 2. The van der Waals surface area contributed by atoms with Crippen molar-refractivity contribution in [1.29, 1.82) is 0 Å². The van der Waals surface area contributed by atoms with Gasteiger partial charge in [-0.1, -0.05) is 45.0 Å². The Bertz CT molecular complexity index is 1580. The maximum atomic E-state index is 14.4. The van der Waals surface area contributed by atoms with E-state index in [0.717, 1.165) is 17.0 Å². The van der Waals surface area contributed by atoms with Gasteiger partial charge in [0.25, 0.3) is 0 Å². The number of cyclic esters (lactones) is 1. The third-order valence-electron chi connectivity index (χ3n) is 13.3. The lowest BCUT2D eigenvalue weighted by Gasteiger charge is -2.49. The average molecular weight is 864 g/mol. The normalized spacial score (nSPS) is 41.8. The van der Waals surface area contributed by atoms with Crippen LogP contribution in [0.15, 0.2) is 35.7 Å². The SMILES string of the molecule is CCC1OC(=O)[C@H](C)C(O[C@H]2C[C@@](C)(OC)[C@@H](O)[C@H](C)O2)[C@H](C)[C@@H](O[C@@H]2O[C@H](C)C[C@H](NC)[C@H]2O)[C@@](C)(OC)C[C@@H](C)/C(=N\O/C=C/c2cccc(OC)c2)C(C)CNC1C. The maximum Gasteiger partial charge on any atom is 0.311 e. The molecule has 4 rings (SSSR count). The molecule has 3 fully saturated rings. The molecule has 0 aliphatic carbocycles. The number of rotatable bonds is 12. The molecule has 4 unspecified atom stereocenters. The molecule has 1 aromatic rings. The summed E-state index contributed by atoms with van der Waals surface area (Å²) in [7, 11) is 6.62. The maximum absolute atomic E-state index is 14.4. The van der Waals surface area contributed by atoms with Crippen LogP contribution in [0.25, 0.3) is 6.08 Å². The minimum Gasteiger partial charge on any atom is -0.497 e. The average Bonchev–Trinajstić information content (AvgIpc) is 3.24. The van der Waals surface area contributed by atoms with E-state index in [1.165, 1.54) is 0 Å². The summed E-state index contributed by atoms with van der Waals surface area (Å²) in [6.45, 7) is 19.9. The molecule has 3 aliphatic rings. The summed E-state index contributed by atoms with van der Waals surface area (Å²) in [6.07, 6.45) is -1.77. The number of methoxy groups -OCH3 is 3. The van der Waals surface area contributed by atoms with Crippen LogP contribution in [0.2, 0.25) is 0 Å². The zero-order chi connectivity index (χ0) is 45.2. The Labute approximate surface area is 364 Å². The summed E-state index contributed by atoms with van der Waals surface area (Å²) in [5, 5.41) is 34.3. The summed E-state index contributed by atoms with van der Waals surface area (Å²) in [6, 6.07) is 7.14. The summed E-state index contributed by atoms with van der Waals surface area (Å²) < 4.78 is 50.6. The molecule has 1 aromatic carbocycles. The quantitative estimate of drug-likeness (QED) is 0.119. The largest absolute Gasteiger partial charge is 0.497 e. The first-order valence-electron chi connectivity index (χ1n) is 22.1. The molecule has 0 spiro atoms. The zero-order valence-corrected chi connectivity index (χ0v) is 39.1. The molecule has 0 radical (unpaired) electrons. The van der Waals surface area contributed by atoms with Gasteiger partial charge >= 0.3 is 5.97 Å². The van der Waals surface area contributed by atoms with E-state index in [-0.39, 0.29) is 36.4 Å². The van der Waals surface area contributed by atoms with E-state index in [1.54, 1.807) is 48.5 Å². The zero-order valence-electron chi connectivity index (χ0n) is 39.1. The number of carbonyl (C=O) groups is 1. The van der Waals surface area contributed by atoms with Crippen molar-refractivity contribution in [3.63, 3.8) is 0 Å². The lowest BCUT2D eigenvalue weighted by Crippen LogP contribution is -2.60. The molecule has 15 nitrogen and oxygen atoms in total. The number of ether oxygens (including phenoxy) is 8. The number of likely N-dealkylation sites (N-methyl/N-ethyl adjacent to an activating group) is 1.